The second-order valence-corrected chi connectivity index (χ2v) is 10.6. The fraction of sp³-hybridized carbons (Fsp3) is 0.815. The molecule has 2 bridgehead atoms. The summed E-state index contributed by atoms with van der Waals surface area (Å²) >= 11 is 0. The van der Waals surface area contributed by atoms with Gasteiger partial charge in [-0.05, 0) is 32.6 Å². The van der Waals surface area contributed by atoms with Gasteiger partial charge < -0.3 is 29.1 Å². The van der Waals surface area contributed by atoms with Gasteiger partial charge >= 0.3 is 5.97 Å². The van der Waals surface area contributed by atoms with Crippen molar-refractivity contribution in [3.8, 4) is 0 Å². The van der Waals surface area contributed by atoms with Crippen molar-refractivity contribution in [2.45, 2.75) is 69.7 Å². The van der Waals surface area contributed by atoms with Gasteiger partial charge in [0.25, 0.3) is 0 Å². The molecule has 4 fully saturated rings. The first-order valence-electron chi connectivity index (χ1n) is 13.8. The molecular weight excluding hydrogens is 478 g/mol. The number of esters is 1. The van der Waals surface area contributed by atoms with Crippen LogP contribution in [0.4, 0.5) is 0 Å². The molecule has 0 aromatic carbocycles. The van der Waals surface area contributed by atoms with Gasteiger partial charge in [-0.15, -0.1) is 6.58 Å². The number of hydrogen-bond donors (Lipinski definition) is 1. The zero-order valence-corrected chi connectivity index (χ0v) is 22.5. The fourth-order valence-corrected chi connectivity index (χ4v) is 7.04. The smallest absolute Gasteiger partial charge is 0.312 e. The fourth-order valence-electron chi connectivity index (χ4n) is 7.04. The van der Waals surface area contributed by atoms with Crippen molar-refractivity contribution in [1.29, 1.82) is 0 Å². The van der Waals surface area contributed by atoms with Crippen molar-refractivity contribution in [2.24, 2.45) is 11.8 Å². The van der Waals surface area contributed by atoms with Crippen LogP contribution in [-0.2, 0) is 28.6 Å². The van der Waals surface area contributed by atoms with E-state index in [1.165, 1.54) is 4.90 Å². The third kappa shape index (κ3) is 4.60. The van der Waals surface area contributed by atoms with Gasteiger partial charge in [-0.25, -0.2) is 0 Å². The van der Waals surface area contributed by atoms with Gasteiger partial charge in [-0.3, -0.25) is 19.3 Å². The highest BCUT2D eigenvalue weighted by Gasteiger charge is 2.79. The van der Waals surface area contributed by atoms with Gasteiger partial charge in [0.2, 0.25) is 11.8 Å². The number of morpholine rings is 1. The van der Waals surface area contributed by atoms with E-state index in [1.807, 2.05) is 13.8 Å². The van der Waals surface area contributed by atoms with Gasteiger partial charge in [0.1, 0.15) is 17.6 Å². The Kier molecular flexibility index (Phi) is 8.62. The maximum atomic E-state index is 14.4. The monoisotopic (exact) mass is 521 g/mol. The molecule has 0 radical (unpaired) electrons. The summed E-state index contributed by atoms with van der Waals surface area (Å²) in [5.41, 5.74) is -1.95. The molecule has 4 aliphatic rings. The van der Waals surface area contributed by atoms with Gasteiger partial charge in [0.05, 0.1) is 44.0 Å². The molecule has 0 saturated carbocycles. The maximum absolute atomic E-state index is 14.4. The number of carbonyl (C=O) groups excluding carboxylic acids is 3. The molecule has 6 atom stereocenters. The number of nitrogens with zero attached hydrogens (tertiary/aromatic N) is 3. The Balaban J connectivity index is 1.71. The lowest BCUT2D eigenvalue weighted by atomic mass is 9.65. The molecule has 208 valence electrons. The van der Waals surface area contributed by atoms with Crippen LogP contribution in [0.3, 0.4) is 0 Å². The molecule has 1 spiro atoms. The molecule has 4 rings (SSSR count). The van der Waals surface area contributed by atoms with Crippen molar-refractivity contribution < 1.29 is 33.7 Å². The number of fused-ring (bicyclic) bond motifs is 1. The molecule has 10 nitrogen and oxygen atoms in total. The predicted octanol–water partition coefficient (Wildman–Crippen LogP) is 0.822. The Morgan fingerprint density at radius 3 is 2.59 bits per heavy atom. The molecule has 10 heteroatoms. The number of amides is 2. The summed E-state index contributed by atoms with van der Waals surface area (Å²) in [6, 6.07) is -1.46. The van der Waals surface area contributed by atoms with E-state index in [-0.39, 0.29) is 25.0 Å². The van der Waals surface area contributed by atoms with Crippen molar-refractivity contribution in [1.82, 2.24) is 14.7 Å². The lowest BCUT2D eigenvalue weighted by Gasteiger charge is -2.40. The van der Waals surface area contributed by atoms with Gasteiger partial charge in [0.15, 0.2) is 0 Å². The lowest BCUT2D eigenvalue weighted by Crippen LogP contribution is -2.59. The number of carbonyl (C=O) groups is 3. The predicted molar refractivity (Wildman–Crippen MR) is 136 cm³/mol. The van der Waals surface area contributed by atoms with Crippen LogP contribution in [0.15, 0.2) is 12.7 Å². The Bertz CT molecular complexity index is 874. The van der Waals surface area contributed by atoms with Gasteiger partial charge in [0, 0.05) is 32.7 Å². The van der Waals surface area contributed by atoms with Gasteiger partial charge in [-0.2, -0.15) is 0 Å². The maximum Gasteiger partial charge on any atom is 0.312 e. The van der Waals surface area contributed by atoms with Crippen LogP contribution in [0, 0.1) is 11.8 Å². The van der Waals surface area contributed by atoms with E-state index in [2.05, 4.69) is 11.5 Å². The molecule has 4 aliphatic heterocycles. The Hall–Kier alpha value is -2.01. The molecule has 37 heavy (non-hydrogen) atoms. The lowest BCUT2D eigenvalue weighted by molar-refractivity contribution is -0.163. The summed E-state index contributed by atoms with van der Waals surface area (Å²) in [5, 5.41) is 10.2. The van der Waals surface area contributed by atoms with Crippen LogP contribution >= 0.6 is 0 Å². The molecule has 1 N–H and O–H groups in total. The van der Waals surface area contributed by atoms with Crippen LogP contribution in [0.5, 0.6) is 0 Å². The molecule has 4 saturated heterocycles. The summed E-state index contributed by atoms with van der Waals surface area (Å²) in [6.45, 7) is 13.8. The third-order valence-electron chi connectivity index (χ3n) is 8.92. The minimum Gasteiger partial charge on any atom is -0.466 e. The number of aliphatic hydroxyl groups is 1. The zero-order valence-electron chi connectivity index (χ0n) is 22.5. The zero-order chi connectivity index (χ0) is 26.8. The largest absolute Gasteiger partial charge is 0.466 e. The average molecular weight is 522 g/mol. The van der Waals surface area contributed by atoms with Crippen molar-refractivity contribution >= 4 is 17.8 Å². The molecule has 0 aromatic rings. The number of rotatable bonds is 12. The van der Waals surface area contributed by atoms with Crippen molar-refractivity contribution in [3.63, 3.8) is 0 Å². The highest BCUT2D eigenvalue weighted by Crippen LogP contribution is 2.64. The number of aliphatic hydroxyl groups excluding tert-OH is 1. The normalized spacial score (nSPS) is 33.9. The summed E-state index contributed by atoms with van der Waals surface area (Å²) < 4.78 is 17.6. The minimum atomic E-state index is -1.12. The van der Waals surface area contributed by atoms with Crippen LogP contribution in [0.1, 0.15) is 46.5 Å². The number of hydrogen-bond acceptors (Lipinski definition) is 8. The number of likely N-dealkylation sites (tertiary alicyclic amines) is 1. The summed E-state index contributed by atoms with van der Waals surface area (Å²) in [5.74, 6) is -2.52. The highest BCUT2D eigenvalue weighted by molar-refractivity contribution is 5.98. The first kappa shape index (κ1) is 28.0. The highest BCUT2D eigenvalue weighted by atomic mass is 16.6. The molecule has 4 heterocycles. The number of ether oxygens (including phenoxy) is 3. The van der Waals surface area contributed by atoms with E-state index in [0.29, 0.717) is 58.5 Å². The van der Waals surface area contributed by atoms with E-state index in [1.54, 1.807) is 17.9 Å². The molecular formula is C27H43N3O7. The summed E-state index contributed by atoms with van der Waals surface area (Å²) in [6.07, 6.45) is 3.81. The molecule has 0 aromatic heterocycles. The molecule has 2 unspecified atom stereocenters. The Labute approximate surface area is 219 Å². The first-order valence-corrected chi connectivity index (χ1v) is 13.8. The van der Waals surface area contributed by atoms with Crippen LogP contribution in [0.25, 0.3) is 0 Å². The minimum absolute atomic E-state index is 0.206. The quantitative estimate of drug-likeness (QED) is 0.297. The van der Waals surface area contributed by atoms with E-state index < -0.39 is 41.1 Å². The van der Waals surface area contributed by atoms with E-state index in [9.17, 15) is 19.5 Å². The SMILES string of the molecule is C=CCN(CCN1CCOCC1)C(=O)C1N([C@@H](CC)CO)C(=O)[C@@H]2[C@@H](C(=O)OCC)[C@@]3(CC)CCC12O3. The first-order chi connectivity index (χ1) is 17.8. The molecule has 2 amide bonds. The van der Waals surface area contributed by atoms with E-state index in [0.717, 1.165) is 13.1 Å². The average Bonchev–Trinajstić information content (AvgIpc) is 3.52. The van der Waals surface area contributed by atoms with Crippen LogP contribution in [0.2, 0.25) is 0 Å². The van der Waals surface area contributed by atoms with E-state index in [4.69, 9.17) is 14.2 Å². The van der Waals surface area contributed by atoms with E-state index >= 15 is 0 Å². The topological polar surface area (TPSA) is 109 Å². The van der Waals surface area contributed by atoms with Gasteiger partial charge in [-0.1, -0.05) is 19.9 Å². The third-order valence-corrected chi connectivity index (χ3v) is 8.92. The summed E-state index contributed by atoms with van der Waals surface area (Å²) in [7, 11) is 0. The Morgan fingerprint density at radius 1 is 1.27 bits per heavy atom. The summed E-state index contributed by atoms with van der Waals surface area (Å²) in [4.78, 5) is 47.3. The standard InChI is InChI=1S/C27H43N3O7/c1-5-11-29(13-12-28-14-16-35-17-15-28)24(33)22-27-10-9-26(7-3,37-27)21(25(34)36-8-4)20(27)23(32)30(22)19(6-2)18-31/h5,19-22,31H,1,6-18H2,2-4H3/t19-,20-,21-,22?,26+,27?/m0/s1. The second-order valence-electron chi connectivity index (χ2n) is 10.6. The van der Waals surface area contributed by atoms with Crippen LogP contribution < -0.4 is 0 Å². The van der Waals surface area contributed by atoms with Crippen molar-refractivity contribution in [3.05, 3.63) is 12.7 Å². The van der Waals surface area contributed by atoms with Crippen LogP contribution in [-0.4, -0.2) is 120 Å². The second kappa shape index (κ2) is 11.4. The van der Waals surface area contributed by atoms with Crippen molar-refractivity contribution in [2.75, 3.05) is 59.2 Å². The Morgan fingerprint density at radius 2 is 2.00 bits per heavy atom. The molecule has 0 aliphatic carbocycles.